The molecule has 0 unspecified atom stereocenters. The molecule has 1 amide bonds. The SMILES string of the molecule is CCCCCCCCCCCCCCCC(=O)C[C@@H](CCC(=O)NCCCC[C@H](CC(=O)C(C)(C)CC(=O)C(C)(C)CC(=O)C(C)(C)CC(=O)[C@@H](N)Cc1cnc[nH]1)C(=O)O)C(=O)O.[HH].[HH].[HH]. The fourth-order valence-corrected chi connectivity index (χ4v) is 7.87. The van der Waals surface area contributed by atoms with E-state index in [1.807, 2.05) is 0 Å². The number of carbonyl (C=O) groups is 8. The highest BCUT2D eigenvalue weighted by Gasteiger charge is 2.42. The average Bonchev–Trinajstić information content (AvgIpc) is 3.72. The van der Waals surface area contributed by atoms with Gasteiger partial charge in [0.05, 0.1) is 24.2 Å². The monoisotopic (exact) mass is 907 g/mol. The highest BCUT2D eigenvalue weighted by molar-refractivity contribution is 5.98. The van der Waals surface area contributed by atoms with Crippen LogP contribution in [-0.2, 0) is 44.8 Å². The molecule has 0 spiro atoms. The third-order valence-electron chi connectivity index (χ3n) is 12.7. The predicted molar refractivity (Wildman–Crippen MR) is 255 cm³/mol. The van der Waals surface area contributed by atoms with Gasteiger partial charge < -0.3 is 26.2 Å². The number of aromatic amines is 1. The van der Waals surface area contributed by atoms with E-state index in [1.54, 1.807) is 47.7 Å². The van der Waals surface area contributed by atoms with Gasteiger partial charge >= 0.3 is 11.9 Å². The smallest absolute Gasteiger partial charge is 0.306 e. The number of H-pyrrole nitrogens is 1. The van der Waals surface area contributed by atoms with Crippen LogP contribution in [0.3, 0.4) is 0 Å². The Hall–Kier alpha value is -4.07. The number of rotatable bonds is 40. The molecule has 0 fully saturated rings. The van der Waals surface area contributed by atoms with E-state index in [9.17, 15) is 48.6 Å². The quantitative estimate of drug-likeness (QED) is 0.0386. The van der Waals surface area contributed by atoms with Gasteiger partial charge in [-0.3, -0.25) is 38.4 Å². The molecule has 3 atom stereocenters. The number of aromatic nitrogens is 2. The van der Waals surface area contributed by atoms with Gasteiger partial charge in [0.2, 0.25) is 5.91 Å². The summed E-state index contributed by atoms with van der Waals surface area (Å²) in [6.45, 7) is 12.2. The molecule has 6 N–H and O–H groups in total. The van der Waals surface area contributed by atoms with E-state index in [2.05, 4.69) is 22.2 Å². The first-order valence-corrected chi connectivity index (χ1v) is 24.1. The van der Waals surface area contributed by atoms with Crippen molar-refractivity contribution in [2.75, 3.05) is 6.54 Å². The van der Waals surface area contributed by atoms with Crippen molar-refractivity contribution in [2.24, 2.45) is 33.8 Å². The van der Waals surface area contributed by atoms with Crippen LogP contribution in [0.4, 0.5) is 0 Å². The Labute approximate surface area is 387 Å². The fourth-order valence-electron chi connectivity index (χ4n) is 7.87. The minimum atomic E-state index is -1.20. The van der Waals surface area contributed by atoms with E-state index in [-0.39, 0.29) is 97.7 Å². The Morgan fingerprint density at radius 2 is 1.12 bits per heavy atom. The number of nitrogens with zero attached hydrogens (tertiary/aromatic N) is 1. The first-order valence-electron chi connectivity index (χ1n) is 24.1. The number of imidazole rings is 1. The number of aliphatic carboxylic acids is 2. The lowest BCUT2D eigenvalue weighted by Crippen LogP contribution is -2.41. The van der Waals surface area contributed by atoms with Gasteiger partial charge in [-0.05, 0) is 25.7 Å². The van der Waals surface area contributed by atoms with Crippen molar-refractivity contribution in [3.05, 3.63) is 18.2 Å². The summed E-state index contributed by atoms with van der Waals surface area (Å²) in [6, 6.07) is -0.826. The molecule has 14 nitrogen and oxygen atoms in total. The van der Waals surface area contributed by atoms with Gasteiger partial charge in [0.1, 0.15) is 23.1 Å². The molecule has 1 aromatic rings. The van der Waals surface area contributed by atoms with Gasteiger partial charge in [0, 0.05) is 90.3 Å². The molecule has 0 bridgehead atoms. The first kappa shape index (κ1) is 57.9. The number of carboxylic acids is 2. The number of nitrogens with one attached hydrogen (secondary N) is 2. The minimum absolute atomic E-state index is 0. The van der Waals surface area contributed by atoms with Crippen molar-refractivity contribution in [1.29, 1.82) is 0 Å². The van der Waals surface area contributed by atoms with Crippen molar-refractivity contribution >= 4 is 46.8 Å². The molecule has 0 aliphatic carbocycles. The van der Waals surface area contributed by atoms with Crippen LogP contribution in [0, 0.1) is 28.1 Å². The molecule has 0 aliphatic heterocycles. The largest absolute Gasteiger partial charge is 0.481 e. The highest BCUT2D eigenvalue weighted by atomic mass is 16.4. The minimum Gasteiger partial charge on any atom is -0.481 e. The van der Waals surface area contributed by atoms with Crippen LogP contribution in [0.15, 0.2) is 12.5 Å². The van der Waals surface area contributed by atoms with E-state index in [0.717, 1.165) is 25.7 Å². The third kappa shape index (κ3) is 24.3. The molecule has 0 radical (unpaired) electrons. The van der Waals surface area contributed by atoms with Crippen molar-refractivity contribution in [2.45, 2.75) is 215 Å². The molecule has 1 aromatic heterocycles. The Bertz CT molecular complexity index is 1630. The molecule has 64 heavy (non-hydrogen) atoms. The molecule has 1 heterocycles. The van der Waals surface area contributed by atoms with Crippen LogP contribution in [0.5, 0.6) is 0 Å². The zero-order valence-corrected chi connectivity index (χ0v) is 40.5. The van der Waals surface area contributed by atoms with E-state index < -0.39 is 51.8 Å². The number of carboxylic acid groups (broad SMARTS) is 2. The number of hydrogen-bond acceptors (Lipinski definition) is 10. The fraction of sp³-hybridized carbons (Fsp3) is 0.780. The van der Waals surface area contributed by atoms with Gasteiger partial charge in [0.25, 0.3) is 0 Å². The second-order valence-corrected chi connectivity index (χ2v) is 20.2. The van der Waals surface area contributed by atoms with Crippen molar-refractivity contribution in [3.8, 4) is 0 Å². The summed E-state index contributed by atoms with van der Waals surface area (Å²) in [7, 11) is 0. The first-order chi connectivity index (χ1) is 30.0. The van der Waals surface area contributed by atoms with Crippen LogP contribution in [0.2, 0.25) is 0 Å². The number of nitrogens with two attached hydrogens (primary N) is 1. The van der Waals surface area contributed by atoms with Crippen LogP contribution < -0.4 is 11.1 Å². The lowest BCUT2D eigenvalue weighted by atomic mass is 9.69. The number of carbonyl (C=O) groups excluding carboxylic acids is 6. The molecular formula is C50H90N4O10. The Kier molecular flexibility index (Phi) is 27.3. The molecule has 0 saturated carbocycles. The zero-order chi connectivity index (χ0) is 48.3. The molecular weight excluding hydrogens is 817 g/mol. The van der Waals surface area contributed by atoms with E-state index in [0.29, 0.717) is 25.0 Å². The topological polar surface area (TPSA) is 244 Å². The molecule has 0 aromatic carbocycles. The zero-order valence-electron chi connectivity index (χ0n) is 40.5. The van der Waals surface area contributed by atoms with Crippen molar-refractivity contribution < 1.29 is 52.8 Å². The summed E-state index contributed by atoms with van der Waals surface area (Å²) in [5.41, 5.74) is 3.36. The van der Waals surface area contributed by atoms with E-state index in [4.69, 9.17) is 5.73 Å². The Morgan fingerprint density at radius 3 is 1.62 bits per heavy atom. The number of ketones is 5. The van der Waals surface area contributed by atoms with Crippen LogP contribution in [0.1, 0.15) is 213 Å². The van der Waals surface area contributed by atoms with Gasteiger partial charge in [-0.15, -0.1) is 0 Å². The summed E-state index contributed by atoms with van der Waals surface area (Å²) in [5, 5.41) is 22.3. The summed E-state index contributed by atoms with van der Waals surface area (Å²) in [5.74, 6) is -5.91. The van der Waals surface area contributed by atoms with E-state index >= 15 is 0 Å². The maximum Gasteiger partial charge on any atom is 0.306 e. The summed E-state index contributed by atoms with van der Waals surface area (Å²) in [4.78, 5) is 109. The third-order valence-corrected chi connectivity index (χ3v) is 12.7. The van der Waals surface area contributed by atoms with Crippen molar-refractivity contribution in [1.82, 2.24) is 15.3 Å². The molecule has 14 heteroatoms. The van der Waals surface area contributed by atoms with Gasteiger partial charge in [-0.1, -0.05) is 132 Å². The lowest BCUT2D eigenvalue weighted by molar-refractivity contribution is -0.146. The second-order valence-electron chi connectivity index (χ2n) is 20.2. The number of unbranched alkanes of at least 4 members (excludes halogenated alkanes) is 13. The Morgan fingerprint density at radius 1 is 0.641 bits per heavy atom. The van der Waals surface area contributed by atoms with Gasteiger partial charge in [0.15, 0.2) is 5.78 Å². The van der Waals surface area contributed by atoms with Crippen LogP contribution >= 0.6 is 0 Å². The van der Waals surface area contributed by atoms with Crippen molar-refractivity contribution in [3.63, 3.8) is 0 Å². The number of amides is 1. The normalized spacial score (nSPS) is 13.5. The summed E-state index contributed by atoms with van der Waals surface area (Å²) >= 11 is 0. The van der Waals surface area contributed by atoms with Crippen LogP contribution in [0.25, 0.3) is 0 Å². The molecule has 1 rings (SSSR count). The maximum absolute atomic E-state index is 13.6. The van der Waals surface area contributed by atoms with Gasteiger partial charge in [-0.25, -0.2) is 4.98 Å². The highest BCUT2D eigenvalue weighted by Crippen LogP contribution is 2.36. The second kappa shape index (κ2) is 30.2. The maximum atomic E-state index is 13.6. The molecule has 370 valence electrons. The number of hydrogen-bond donors (Lipinski definition) is 5. The molecule has 0 saturated heterocycles. The predicted octanol–water partition coefficient (Wildman–Crippen LogP) is 9.84. The van der Waals surface area contributed by atoms with Gasteiger partial charge in [-0.2, -0.15) is 0 Å². The van der Waals surface area contributed by atoms with Crippen LogP contribution in [-0.4, -0.2) is 79.5 Å². The Balaban J connectivity index is -0.0000137. The standard InChI is InChI=1S/C50H84N4O10.3H2/c1-8-9-10-11-12-13-14-15-16-17-18-19-20-24-39(55)28-37(47(63)64)25-26-45(60)53-27-22-21-23-36(46(61)62)29-42(57)49(4,5)32-44(59)50(6,7)33-43(58)48(2,3)31-41(56)40(51)30-38-34-52-35-54-38;;;/h34-37,40H,8-33,51H2,1-7H3,(H,52,54)(H,53,60)(H,61,62)(H,63,64);3*1H/t36-,37-,40+;;;/m1.../s1. The summed E-state index contributed by atoms with van der Waals surface area (Å²) < 4.78 is 0. The summed E-state index contributed by atoms with van der Waals surface area (Å²) in [6.07, 6.45) is 19.4. The van der Waals surface area contributed by atoms with E-state index in [1.165, 1.54) is 64.1 Å². The molecule has 0 aliphatic rings. The number of Topliss-reactive ketones (excluding diaryl/α,β-unsaturated/α-hetero) is 5. The average molecular weight is 907 g/mol. The lowest BCUT2D eigenvalue weighted by Gasteiger charge is -2.32.